The summed E-state index contributed by atoms with van der Waals surface area (Å²) < 4.78 is 39.4. The van der Waals surface area contributed by atoms with Gasteiger partial charge in [0.15, 0.2) is 22.6 Å². The molecule has 2 aromatic rings. The van der Waals surface area contributed by atoms with Gasteiger partial charge in [0.1, 0.15) is 0 Å². The molecule has 0 fully saturated rings. The van der Waals surface area contributed by atoms with Crippen molar-refractivity contribution in [3.8, 4) is 0 Å². The maximum absolute atomic E-state index is 13.5. The highest BCUT2D eigenvalue weighted by Crippen LogP contribution is 2.21. The Labute approximate surface area is 138 Å². The molecule has 9 heteroatoms. The van der Waals surface area contributed by atoms with E-state index in [2.05, 4.69) is 15.3 Å². The highest BCUT2D eigenvalue weighted by Gasteiger charge is 2.18. The second-order valence-corrected chi connectivity index (χ2v) is 6.17. The van der Waals surface area contributed by atoms with Gasteiger partial charge in [-0.15, -0.1) is 0 Å². The summed E-state index contributed by atoms with van der Waals surface area (Å²) in [6, 6.07) is 1.66. The average molecular weight is 355 g/mol. The van der Waals surface area contributed by atoms with Crippen LogP contribution in [0.3, 0.4) is 0 Å². The molecule has 0 spiro atoms. The molecule has 1 heterocycles. The van der Waals surface area contributed by atoms with Gasteiger partial charge in [0.05, 0.1) is 17.1 Å². The predicted octanol–water partition coefficient (Wildman–Crippen LogP) is 2.41. The number of aromatic amines is 1. The van der Waals surface area contributed by atoms with E-state index >= 15 is 0 Å². The second kappa shape index (κ2) is 6.68. The lowest BCUT2D eigenvalue weighted by Crippen LogP contribution is -2.18. The number of halogens is 3. The number of carbonyl (C=O) groups excluding carboxylic acids is 1. The number of hydrogen-bond donors (Lipinski definition) is 2. The first kappa shape index (κ1) is 16.6. The number of thioether (sulfide) groups is 1. The molecule has 0 aliphatic heterocycles. The van der Waals surface area contributed by atoms with E-state index in [1.165, 1.54) is 0 Å². The maximum atomic E-state index is 13.5. The van der Waals surface area contributed by atoms with Crippen molar-refractivity contribution in [3.05, 3.63) is 51.2 Å². The Morgan fingerprint density at radius 2 is 2.04 bits per heavy atom. The van der Waals surface area contributed by atoms with E-state index in [-0.39, 0.29) is 11.3 Å². The molecule has 0 saturated carbocycles. The van der Waals surface area contributed by atoms with Gasteiger partial charge in [0.2, 0.25) is 5.91 Å². The number of H-pyrrole nitrogens is 1. The fourth-order valence-corrected chi connectivity index (χ4v) is 3.11. The lowest BCUT2D eigenvalue weighted by atomic mass is 10.3. The molecule has 0 unspecified atom stereocenters. The van der Waals surface area contributed by atoms with Gasteiger partial charge in [-0.3, -0.25) is 9.59 Å². The molecule has 24 heavy (non-hydrogen) atoms. The van der Waals surface area contributed by atoms with E-state index < -0.39 is 29.0 Å². The molecule has 1 aromatic heterocycles. The van der Waals surface area contributed by atoms with Crippen LogP contribution in [-0.4, -0.2) is 21.6 Å². The highest BCUT2D eigenvalue weighted by molar-refractivity contribution is 7.99. The number of aromatic nitrogens is 2. The molecule has 5 nitrogen and oxygen atoms in total. The van der Waals surface area contributed by atoms with Crippen LogP contribution >= 0.6 is 11.8 Å². The van der Waals surface area contributed by atoms with Crippen LogP contribution in [0.4, 0.5) is 18.9 Å². The Balaban J connectivity index is 1.65. The van der Waals surface area contributed by atoms with Crippen LogP contribution in [0.1, 0.15) is 17.7 Å². The van der Waals surface area contributed by atoms with Gasteiger partial charge >= 0.3 is 0 Å². The number of anilines is 1. The molecule has 2 N–H and O–H groups in total. The summed E-state index contributed by atoms with van der Waals surface area (Å²) in [7, 11) is 0. The minimum Gasteiger partial charge on any atom is -0.323 e. The number of fused-ring (bicyclic) bond motifs is 1. The van der Waals surface area contributed by atoms with Crippen molar-refractivity contribution in [1.29, 1.82) is 0 Å². The predicted molar refractivity (Wildman–Crippen MR) is 82.6 cm³/mol. The van der Waals surface area contributed by atoms with Gasteiger partial charge in [-0.1, -0.05) is 11.8 Å². The molecule has 1 aromatic carbocycles. The van der Waals surface area contributed by atoms with Crippen LogP contribution in [0.2, 0.25) is 0 Å². The highest BCUT2D eigenvalue weighted by atomic mass is 32.2. The third kappa shape index (κ3) is 3.30. The Morgan fingerprint density at radius 1 is 1.25 bits per heavy atom. The zero-order valence-electron chi connectivity index (χ0n) is 12.3. The van der Waals surface area contributed by atoms with Crippen LogP contribution in [0.15, 0.2) is 22.1 Å². The monoisotopic (exact) mass is 355 g/mol. The van der Waals surface area contributed by atoms with E-state index in [9.17, 15) is 22.8 Å². The summed E-state index contributed by atoms with van der Waals surface area (Å²) >= 11 is 0.972. The molecule has 0 saturated heterocycles. The molecule has 3 rings (SSSR count). The maximum Gasteiger partial charge on any atom is 0.254 e. The number of rotatable bonds is 4. The minimum atomic E-state index is -1.65. The van der Waals surface area contributed by atoms with Crippen LogP contribution in [0.25, 0.3) is 0 Å². The molecular formula is C15H12F3N3O2S. The summed E-state index contributed by atoms with van der Waals surface area (Å²) in [5.74, 6) is -5.24. The SMILES string of the molecule is O=C(CSc1nc2c(c(=O)[nH]1)CCC2)Nc1ccc(F)c(F)c1F. The summed E-state index contributed by atoms with van der Waals surface area (Å²) in [6.45, 7) is 0. The first-order valence-corrected chi connectivity index (χ1v) is 8.12. The van der Waals surface area contributed by atoms with Gasteiger partial charge < -0.3 is 10.3 Å². The Morgan fingerprint density at radius 3 is 2.83 bits per heavy atom. The zero-order chi connectivity index (χ0) is 17.3. The van der Waals surface area contributed by atoms with Crippen molar-refractivity contribution < 1.29 is 18.0 Å². The molecule has 0 radical (unpaired) electrons. The van der Waals surface area contributed by atoms with E-state index in [1.807, 2.05) is 0 Å². The van der Waals surface area contributed by atoms with Crippen LogP contribution in [0.5, 0.6) is 0 Å². The number of nitrogens with one attached hydrogen (secondary N) is 2. The second-order valence-electron chi connectivity index (χ2n) is 5.21. The van der Waals surface area contributed by atoms with E-state index in [0.29, 0.717) is 17.1 Å². The van der Waals surface area contributed by atoms with Crippen molar-refractivity contribution >= 4 is 23.4 Å². The molecule has 0 atom stereocenters. The first-order chi connectivity index (χ1) is 11.5. The number of amides is 1. The van der Waals surface area contributed by atoms with Crippen LogP contribution in [-0.2, 0) is 17.6 Å². The van der Waals surface area contributed by atoms with Crippen molar-refractivity contribution in [1.82, 2.24) is 9.97 Å². The number of hydrogen-bond acceptors (Lipinski definition) is 4. The van der Waals surface area contributed by atoms with Crippen molar-refractivity contribution in [3.63, 3.8) is 0 Å². The zero-order valence-corrected chi connectivity index (χ0v) is 13.1. The topological polar surface area (TPSA) is 74.8 Å². The minimum absolute atomic E-state index is 0.167. The molecule has 0 bridgehead atoms. The van der Waals surface area contributed by atoms with Crippen LogP contribution < -0.4 is 10.9 Å². The standard InChI is InChI=1S/C15H12F3N3O2S/c16-8-4-5-10(13(18)12(8)17)19-11(22)6-24-15-20-9-3-1-2-7(9)14(23)21-15/h4-5H,1-3,6H2,(H,19,22)(H,20,21,23). The number of benzene rings is 1. The summed E-state index contributed by atoms with van der Waals surface area (Å²) in [6.07, 6.45) is 2.28. The molecule has 1 aliphatic rings. The molecule has 1 amide bonds. The van der Waals surface area contributed by atoms with Gasteiger partial charge in [0, 0.05) is 5.56 Å². The van der Waals surface area contributed by atoms with Crippen molar-refractivity contribution in [2.75, 3.05) is 11.1 Å². The van der Waals surface area contributed by atoms with Gasteiger partial charge in [-0.05, 0) is 31.4 Å². The molecule has 1 aliphatic carbocycles. The third-order valence-electron chi connectivity index (χ3n) is 3.57. The lowest BCUT2D eigenvalue weighted by molar-refractivity contribution is -0.113. The van der Waals surface area contributed by atoms with Gasteiger partial charge in [-0.25, -0.2) is 18.2 Å². The van der Waals surface area contributed by atoms with Gasteiger partial charge in [-0.2, -0.15) is 0 Å². The largest absolute Gasteiger partial charge is 0.323 e. The van der Waals surface area contributed by atoms with E-state index in [1.54, 1.807) is 0 Å². The smallest absolute Gasteiger partial charge is 0.254 e. The molecule has 126 valence electrons. The summed E-state index contributed by atoms with van der Waals surface area (Å²) in [4.78, 5) is 30.5. The van der Waals surface area contributed by atoms with Crippen molar-refractivity contribution in [2.45, 2.75) is 24.4 Å². The average Bonchev–Trinajstić information content (AvgIpc) is 3.03. The quantitative estimate of drug-likeness (QED) is 0.502. The fourth-order valence-electron chi connectivity index (χ4n) is 2.43. The number of nitrogens with zero attached hydrogens (tertiary/aromatic N) is 1. The molecular weight excluding hydrogens is 343 g/mol. The van der Waals surface area contributed by atoms with Crippen LogP contribution in [0, 0.1) is 17.5 Å². The van der Waals surface area contributed by atoms with E-state index in [0.717, 1.165) is 42.4 Å². The van der Waals surface area contributed by atoms with E-state index in [4.69, 9.17) is 0 Å². The lowest BCUT2D eigenvalue weighted by Gasteiger charge is -2.07. The van der Waals surface area contributed by atoms with Crippen molar-refractivity contribution in [2.24, 2.45) is 0 Å². The van der Waals surface area contributed by atoms with Gasteiger partial charge in [0.25, 0.3) is 5.56 Å². The summed E-state index contributed by atoms with van der Waals surface area (Å²) in [5, 5.41) is 2.45. The number of aryl methyl sites for hydroxylation is 1. The summed E-state index contributed by atoms with van der Waals surface area (Å²) in [5.41, 5.74) is 0.739. The Hall–Kier alpha value is -2.29. The number of carbonyl (C=O) groups is 1. The Kier molecular flexibility index (Phi) is 4.61. The normalized spacial score (nSPS) is 13.0. The first-order valence-electron chi connectivity index (χ1n) is 7.14. The third-order valence-corrected chi connectivity index (χ3v) is 4.44. The Bertz CT molecular complexity index is 870. The fraction of sp³-hybridized carbons (Fsp3) is 0.267.